The number of hydrogen-bond acceptors (Lipinski definition) is 3. The molecule has 4 heteroatoms. The molecule has 0 fully saturated rings. The largest absolute Gasteiger partial charge is 0.313 e. The Morgan fingerprint density at radius 2 is 2.50 bits per heavy atom. The second-order valence-electron chi connectivity index (χ2n) is 2.37. The van der Waals surface area contributed by atoms with Gasteiger partial charge in [-0.05, 0) is 13.8 Å². The molecule has 0 amide bonds. The lowest BCUT2D eigenvalue weighted by molar-refractivity contribution is 1.06. The van der Waals surface area contributed by atoms with Gasteiger partial charge in [-0.15, -0.1) is 0 Å². The van der Waals surface area contributed by atoms with Crippen LogP contribution in [0.5, 0.6) is 0 Å². The summed E-state index contributed by atoms with van der Waals surface area (Å²) in [6, 6.07) is 0. The molecule has 1 heterocycles. The van der Waals surface area contributed by atoms with Crippen molar-refractivity contribution in [3.05, 3.63) is 27.9 Å². The SMILES string of the molecule is CCN=Cc1nc[nH]c(=O)c1C. The fraction of sp³-hybridized carbons (Fsp3) is 0.375. The quantitative estimate of drug-likeness (QED) is 0.649. The van der Waals surface area contributed by atoms with Crippen LogP contribution in [0.1, 0.15) is 18.2 Å². The first-order valence-electron chi connectivity index (χ1n) is 3.79. The van der Waals surface area contributed by atoms with E-state index in [0.717, 1.165) is 0 Å². The van der Waals surface area contributed by atoms with Crippen molar-refractivity contribution in [1.82, 2.24) is 9.97 Å². The van der Waals surface area contributed by atoms with Gasteiger partial charge in [0.25, 0.3) is 5.56 Å². The standard InChI is InChI=1S/C8H11N3O/c1-3-9-4-7-6(2)8(12)11-5-10-7/h4-5H,3H2,1-2H3,(H,10,11,12). The van der Waals surface area contributed by atoms with Gasteiger partial charge in [0, 0.05) is 18.3 Å². The minimum absolute atomic E-state index is 0.109. The number of aromatic amines is 1. The van der Waals surface area contributed by atoms with Gasteiger partial charge in [-0.2, -0.15) is 0 Å². The van der Waals surface area contributed by atoms with E-state index >= 15 is 0 Å². The van der Waals surface area contributed by atoms with Gasteiger partial charge >= 0.3 is 0 Å². The third-order valence-corrected chi connectivity index (χ3v) is 1.52. The summed E-state index contributed by atoms with van der Waals surface area (Å²) in [6.07, 6.45) is 3.00. The Morgan fingerprint density at radius 3 is 3.17 bits per heavy atom. The first kappa shape index (κ1) is 8.64. The number of H-pyrrole nitrogens is 1. The summed E-state index contributed by atoms with van der Waals surface area (Å²) in [5.74, 6) is 0. The molecule has 0 spiro atoms. The molecule has 0 aliphatic heterocycles. The van der Waals surface area contributed by atoms with E-state index in [4.69, 9.17) is 0 Å². The van der Waals surface area contributed by atoms with E-state index in [0.29, 0.717) is 17.8 Å². The summed E-state index contributed by atoms with van der Waals surface area (Å²) in [5, 5.41) is 0. The molecule has 0 aliphatic rings. The number of aromatic nitrogens is 2. The van der Waals surface area contributed by atoms with Crippen LogP contribution >= 0.6 is 0 Å². The van der Waals surface area contributed by atoms with Gasteiger partial charge < -0.3 is 4.98 Å². The van der Waals surface area contributed by atoms with Gasteiger partial charge in [-0.3, -0.25) is 9.79 Å². The average molecular weight is 165 g/mol. The Hall–Kier alpha value is -1.45. The van der Waals surface area contributed by atoms with Crippen LogP contribution in [0.25, 0.3) is 0 Å². The highest BCUT2D eigenvalue weighted by atomic mass is 16.1. The zero-order valence-corrected chi connectivity index (χ0v) is 7.16. The lowest BCUT2D eigenvalue weighted by atomic mass is 10.3. The molecule has 0 aromatic carbocycles. The van der Waals surface area contributed by atoms with Gasteiger partial charge in [-0.1, -0.05) is 0 Å². The molecule has 0 saturated heterocycles. The van der Waals surface area contributed by atoms with E-state index in [1.165, 1.54) is 6.33 Å². The molecular weight excluding hydrogens is 154 g/mol. The molecule has 0 saturated carbocycles. The van der Waals surface area contributed by atoms with Crippen LogP contribution in [0.4, 0.5) is 0 Å². The Morgan fingerprint density at radius 1 is 1.75 bits per heavy atom. The van der Waals surface area contributed by atoms with Crippen LogP contribution in [0, 0.1) is 6.92 Å². The molecule has 0 bridgehead atoms. The Kier molecular flexibility index (Phi) is 2.74. The lowest BCUT2D eigenvalue weighted by Gasteiger charge is -1.94. The summed E-state index contributed by atoms with van der Waals surface area (Å²) in [6.45, 7) is 4.36. The summed E-state index contributed by atoms with van der Waals surface area (Å²) in [4.78, 5) is 21.5. The summed E-state index contributed by atoms with van der Waals surface area (Å²) < 4.78 is 0. The van der Waals surface area contributed by atoms with E-state index in [2.05, 4.69) is 15.0 Å². The van der Waals surface area contributed by atoms with Crippen LogP contribution in [0.2, 0.25) is 0 Å². The second-order valence-corrected chi connectivity index (χ2v) is 2.37. The molecule has 4 nitrogen and oxygen atoms in total. The molecule has 12 heavy (non-hydrogen) atoms. The summed E-state index contributed by atoms with van der Waals surface area (Å²) in [7, 11) is 0. The van der Waals surface area contributed by atoms with Crippen molar-refractivity contribution in [2.75, 3.05) is 6.54 Å². The van der Waals surface area contributed by atoms with Crippen LogP contribution in [0.3, 0.4) is 0 Å². The summed E-state index contributed by atoms with van der Waals surface area (Å²) in [5.41, 5.74) is 1.14. The third-order valence-electron chi connectivity index (χ3n) is 1.52. The Balaban J connectivity index is 3.08. The van der Waals surface area contributed by atoms with Crippen molar-refractivity contribution in [1.29, 1.82) is 0 Å². The highest BCUT2D eigenvalue weighted by molar-refractivity contribution is 5.78. The first-order chi connectivity index (χ1) is 5.75. The molecule has 1 rings (SSSR count). The van der Waals surface area contributed by atoms with Crippen molar-refractivity contribution >= 4 is 6.21 Å². The zero-order valence-electron chi connectivity index (χ0n) is 7.16. The fourth-order valence-electron chi connectivity index (χ4n) is 0.790. The molecule has 1 N–H and O–H groups in total. The van der Waals surface area contributed by atoms with Crippen LogP contribution < -0.4 is 5.56 Å². The zero-order chi connectivity index (χ0) is 8.97. The molecule has 64 valence electrons. The minimum Gasteiger partial charge on any atom is -0.313 e. The molecule has 0 aliphatic carbocycles. The third kappa shape index (κ3) is 1.78. The highest BCUT2D eigenvalue weighted by Gasteiger charge is 1.98. The van der Waals surface area contributed by atoms with Crippen molar-refractivity contribution in [3.63, 3.8) is 0 Å². The predicted octanol–water partition coefficient (Wildman–Crippen LogP) is 0.517. The predicted molar refractivity (Wildman–Crippen MR) is 47.7 cm³/mol. The van der Waals surface area contributed by atoms with E-state index in [-0.39, 0.29) is 5.56 Å². The smallest absolute Gasteiger partial charge is 0.254 e. The van der Waals surface area contributed by atoms with Gasteiger partial charge in [0.05, 0.1) is 12.0 Å². The molecule has 0 atom stereocenters. The number of rotatable bonds is 2. The van der Waals surface area contributed by atoms with Crippen molar-refractivity contribution in [2.45, 2.75) is 13.8 Å². The van der Waals surface area contributed by atoms with E-state index in [1.54, 1.807) is 13.1 Å². The van der Waals surface area contributed by atoms with E-state index < -0.39 is 0 Å². The fourth-order valence-corrected chi connectivity index (χ4v) is 0.790. The van der Waals surface area contributed by atoms with E-state index in [9.17, 15) is 4.79 Å². The van der Waals surface area contributed by atoms with Crippen LogP contribution in [-0.2, 0) is 0 Å². The molecule has 1 aromatic heterocycles. The summed E-state index contributed by atoms with van der Waals surface area (Å²) >= 11 is 0. The second kappa shape index (κ2) is 3.80. The van der Waals surface area contributed by atoms with Gasteiger partial charge in [-0.25, -0.2) is 4.98 Å². The maximum Gasteiger partial charge on any atom is 0.254 e. The number of aliphatic imine (C=N–C) groups is 1. The molecule has 0 radical (unpaired) electrons. The van der Waals surface area contributed by atoms with Gasteiger partial charge in [0.2, 0.25) is 0 Å². The van der Waals surface area contributed by atoms with Crippen molar-refractivity contribution in [2.24, 2.45) is 4.99 Å². The minimum atomic E-state index is -0.109. The number of hydrogen-bond donors (Lipinski definition) is 1. The monoisotopic (exact) mass is 165 g/mol. The maximum atomic E-state index is 11.0. The Bertz CT molecular complexity index is 340. The van der Waals surface area contributed by atoms with Gasteiger partial charge in [0.1, 0.15) is 0 Å². The van der Waals surface area contributed by atoms with E-state index in [1.807, 2.05) is 6.92 Å². The van der Waals surface area contributed by atoms with Crippen LogP contribution in [0.15, 0.2) is 16.1 Å². The lowest BCUT2D eigenvalue weighted by Crippen LogP contribution is -2.13. The Labute approximate surface area is 70.4 Å². The average Bonchev–Trinajstić information content (AvgIpc) is 2.08. The van der Waals surface area contributed by atoms with Crippen molar-refractivity contribution in [3.8, 4) is 0 Å². The first-order valence-corrected chi connectivity index (χ1v) is 3.79. The number of nitrogens with zero attached hydrogens (tertiary/aromatic N) is 2. The normalized spacial score (nSPS) is 10.8. The molecule has 0 unspecified atom stereocenters. The molecule has 1 aromatic rings. The topological polar surface area (TPSA) is 58.1 Å². The van der Waals surface area contributed by atoms with Gasteiger partial charge in [0.15, 0.2) is 0 Å². The number of nitrogens with one attached hydrogen (secondary N) is 1. The van der Waals surface area contributed by atoms with Crippen LogP contribution in [-0.4, -0.2) is 22.7 Å². The highest BCUT2D eigenvalue weighted by Crippen LogP contribution is 1.91. The molecular formula is C8H11N3O. The maximum absolute atomic E-state index is 11.0. The van der Waals surface area contributed by atoms with Crippen molar-refractivity contribution < 1.29 is 0 Å².